The molecule has 0 N–H and O–H groups in total. The van der Waals surface area contributed by atoms with Crippen LogP contribution in [-0.2, 0) is 18.5 Å². The Morgan fingerprint density at radius 1 is 0.688 bits per heavy atom. The van der Waals surface area contributed by atoms with Crippen molar-refractivity contribution in [1.82, 2.24) is 0 Å². The van der Waals surface area contributed by atoms with Crippen LogP contribution in [0.2, 0.25) is 0 Å². The Morgan fingerprint density at radius 3 is 1.50 bits per heavy atom. The van der Waals surface area contributed by atoms with Crippen molar-refractivity contribution in [3.05, 3.63) is 0 Å². The van der Waals surface area contributed by atoms with E-state index < -0.39 is 8.38 Å². The highest BCUT2D eigenvalue weighted by atomic mass is 31.2. The minimum absolute atomic E-state index is 0.609. The third-order valence-electron chi connectivity index (χ3n) is 1.70. The van der Waals surface area contributed by atoms with E-state index in [0.29, 0.717) is 26.4 Å². The van der Waals surface area contributed by atoms with E-state index in [2.05, 4.69) is 13.8 Å². The second-order valence-electron chi connectivity index (χ2n) is 3.33. The first-order valence-corrected chi connectivity index (χ1v) is 7.58. The van der Waals surface area contributed by atoms with E-state index in [1.165, 1.54) is 0 Å². The topological polar surface area (TPSA) is 36.9 Å². The third-order valence-corrected chi connectivity index (χ3v) is 2.79. The van der Waals surface area contributed by atoms with Gasteiger partial charge in [0.15, 0.2) is 8.38 Å². The number of ether oxygens (including phenoxy) is 2. The van der Waals surface area contributed by atoms with E-state index in [-0.39, 0.29) is 0 Å². The first-order chi connectivity index (χ1) is 7.81. The highest BCUT2D eigenvalue weighted by Gasteiger charge is 2.02. The van der Waals surface area contributed by atoms with Crippen LogP contribution in [0.25, 0.3) is 0 Å². The lowest BCUT2D eigenvalue weighted by Crippen LogP contribution is -2.05. The molecule has 0 atom stereocenters. The SMILES string of the molecule is CCCOCCOP(C)OCCOCCC. The molecule has 0 amide bonds. The molecule has 0 unspecified atom stereocenters. The fraction of sp³-hybridized carbons (Fsp3) is 1.00. The van der Waals surface area contributed by atoms with Crippen molar-refractivity contribution < 1.29 is 18.5 Å². The fourth-order valence-corrected chi connectivity index (χ4v) is 1.72. The lowest BCUT2D eigenvalue weighted by Gasteiger charge is -2.13. The number of hydrogen-bond donors (Lipinski definition) is 0. The Morgan fingerprint density at radius 2 is 1.12 bits per heavy atom. The zero-order valence-corrected chi connectivity index (χ0v) is 11.6. The first kappa shape index (κ1) is 16.3. The smallest absolute Gasteiger partial charge is 0.167 e. The molecule has 4 nitrogen and oxygen atoms in total. The summed E-state index contributed by atoms with van der Waals surface area (Å²) < 4.78 is 21.5. The highest BCUT2D eigenvalue weighted by Crippen LogP contribution is 2.32. The summed E-state index contributed by atoms with van der Waals surface area (Å²) in [6.07, 6.45) is 2.10. The lowest BCUT2D eigenvalue weighted by molar-refractivity contribution is 0.0847. The Labute approximate surface area is 101 Å². The van der Waals surface area contributed by atoms with Crippen molar-refractivity contribution in [3.8, 4) is 0 Å². The van der Waals surface area contributed by atoms with Gasteiger partial charge in [-0.15, -0.1) is 0 Å². The summed E-state index contributed by atoms with van der Waals surface area (Å²) in [6.45, 7) is 10.3. The van der Waals surface area contributed by atoms with E-state index in [1.54, 1.807) is 0 Å². The maximum atomic E-state index is 5.46. The molecule has 0 rings (SSSR count). The molecule has 0 aromatic rings. The zero-order chi connectivity index (χ0) is 12.1. The predicted molar refractivity (Wildman–Crippen MR) is 67.0 cm³/mol. The second kappa shape index (κ2) is 13.3. The minimum atomic E-state index is -0.782. The third kappa shape index (κ3) is 12.3. The van der Waals surface area contributed by atoms with E-state index in [9.17, 15) is 0 Å². The summed E-state index contributed by atoms with van der Waals surface area (Å²) in [5.41, 5.74) is 0. The van der Waals surface area contributed by atoms with Gasteiger partial charge in [0.05, 0.1) is 26.4 Å². The summed E-state index contributed by atoms with van der Waals surface area (Å²) in [5, 5.41) is 0. The van der Waals surface area contributed by atoms with Crippen LogP contribution >= 0.6 is 8.38 Å². The molecule has 0 radical (unpaired) electrons. The van der Waals surface area contributed by atoms with Gasteiger partial charge in [-0.1, -0.05) is 13.8 Å². The molecule has 0 aliphatic heterocycles. The van der Waals surface area contributed by atoms with Gasteiger partial charge in [0.2, 0.25) is 0 Å². The quantitative estimate of drug-likeness (QED) is 0.395. The molecule has 0 spiro atoms. The molecular weight excluding hydrogens is 227 g/mol. The second-order valence-corrected chi connectivity index (χ2v) is 4.73. The monoisotopic (exact) mass is 252 g/mol. The Kier molecular flexibility index (Phi) is 13.6. The maximum Gasteiger partial charge on any atom is 0.167 e. The highest BCUT2D eigenvalue weighted by molar-refractivity contribution is 7.46. The number of rotatable bonds is 12. The van der Waals surface area contributed by atoms with Crippen LogP contribution in [0.3, 0.4) is 0 Å². The summed E-state index contributed by atoms with van der Waals surface area (Å²) >= 11 is 0. The summed E-state index contributed by atoms with van der Waals surface area (Å²) in [6, 6.07) is 0. The first-order valence-electron chi connectivity index (χ1n) is 5.96. The van der Waals surface area contributed by atoms with Crippen LogP contribution in [0.1, 0.15) is 26.7 Å². The Hall–Kier alpha value is 0.270. The standard InChI is InChI=1S/C11H25O4P/c1-4-6-12-8-10-14-16(3)15-11-9-13-7-5-2/h4-11H2,1-3H3. The molecule has 0 saturated heterocycles. The van der Waals surface area contributed by atoms with Gasteiger partial charge < -0.3 is 18.5 Å². The summed E-state index contributed by atoms with van der Waals surface area (Å²) in [7, 11) is -0.782. The molecular formula is C11H25O4P. The normalized spacial score (nSPS) is 11.2. The van der Waals surface area contributed by atoms with Crippen molar-refractivity contribution in [1.29, 1.82) is 0 Å². The lowest BCUT2D eigenvalue weighted by atomic mass is 10.5. The summed E-state index contributed by atoms with van der Waals surface area (Å²) in [4.78, 5) is 0. The molecule has 0 aliphatic rings. The van der Waals surface area contributed by atoms with Gasteiger partial charge in [-0.3, -0.25) is 0 Å². The van der Waals surface area contributed by atoms with Crippen LogP contribution in [0.4, 0.5) is 0 Å². The summed E-state index contributed by atoms with van der Waals surface area (Å²) in [5.74, 6) is 0. The van der Waals surface area contributed by atoms with Crippen LogP contribution < -0.4 is 0 Å². The minimum Gasteiger partial charge on any atom is -0.379 e. The Bertz CT molecular complexity index is 121. The van der Waals surface area contributed by atoms with Gasteiger partial charge in [0, 0.05) is 19.9 Å². The van der Waals surface area contributed by atoms with Crippen LogP contribution in [0, 0.1) is 0 Å². The van der Waals surface area contributed by atoms with Gasteiger partial charge in [0.25, 0.3) is 0 Å². The van der Waals surface area contributed by atoms with Crippen molar-refractivity contribution in [2.45, 2.75) is 26.7 Å². The van der Waals surface area contributed by atoms with Crippen molar-refractivity contribution in [3.63, 3.8) is 0 Å². The molecule has 0 heterocycles. The molecule has 0 fully saturated rings. The van der Waals surface area contributed by atoms with Crippen molar-refractivity contribution in [2.75, 3.05) is 46.3 Å². The molecule has 16 heavy (non-hydrogen) atoms. The van der Waals surface area contributed by atoms with E-state index in [4.69, 9.17) is 18.5 Å². The van der Waals surface area contributed by atoms with E-state index >= 15 is 0 Å². The van der Waals surface area contributed by atoms with Gasteiger partial charge in [-0.25, -0.2) is 0 Å². The van der Waals surface area contributed by atoms with Crippen molar-refractivity contribution >= 4 is 8.38 Å². The fourth-order valence-electron chi connectivity index (χ4n) is 0.980. The van der Waals surface area contributed by atoms with Gasteiger partial charge in [-0.05, 0) is 12.8 Å². The molecule has 0 saturated carbocycles. The van der Waals surface area contributed by atoms with E-state index in [0.717, 1.165) is 26.1 Å². The Balaban J connectivity index is 3.09. The van der Waals surface area contributed by atoms with Gasteiger partial charge in [-0.2, -0.15) is 0 Å². The molecule has 98 valence electrons. The van der Waals surface area contributed by atoms with Crippen LogP contribution in [-0.4, -0.2) is 46.3 Å². The van der Waals surface area contributed by atoms with Gasteiger partial charge in [0.1, 0.15) is 0 Å². The molecule has 0 aromatic heterocycles. The van der Waals surface area contributed by atoms with Crippen LogP contribution in [0.5, 0.6) is 0 Å². The van der Waals surface area contributed by atoms with Crippen molar-refractivity contribution in [2.24, 2.45) is 0 Å². The molecule has 0 aliphatic carbocycles. The van der Waals surface area contributed by atoms with E-state index in [1.807, 2.05) is 6.66 Å². The van der Waals surface area contributed by atoms with Crippen LogP contribution in [0.15, 0.2) is 0 Å². The number of hydrogen-bond acceptors (Lipinski definition) is 4. The van der Waals surface area contributed by atoms with Gasteiger partial charge >= 0.3 is 0 Å². The molecule has 0 aromatic carbocycles. The maximum absolute atomic E-state index is 5.46. The largest absolute Gasteiger partial charge is 0.379 e. The zero-order valence-electron chi connectivity index (χ0n) is 10.7. The average Bonchev–Trinajstić information content (AvgIpc) is 2.28. The average molecular weight is 252 g/mol. The predicted octanol–water partition coefficient (Wildman–Crippen LogP) is 2.81. The molecule has 0 bridgehead atoms. The molecule has 5 heteroatoms.